The van der Waals surface area contributed by atoms with Crippen LogP contribution < -0.4 is 10.0 Å². The van der Waals surface area contributed by atoms with Crippen LogP contribution in [0.2, 0.25) is 0 Å². The summed E-state index contributed by atoms with van der Waals surface area (Å²) in [7, 11) is -7.09. The number of hydrogen-bond acceptors (Lipinski definition) is 6. The molecule has 1 saturated heterocycles. The number of aromatic nitrogens is 1. The molecule has 1 aliphatic heterocycles. The largest absolute Gasteiger partial charge is 0.348 e. The van der Waals surface area contributed by atoms with Gasteiger partial charge in [0.2, 0.25) is 10.0 Å². The molecule has 29 heavy (non-hydrogen) atoms. The zero-order valence-electron chi connectivity index (χ0n) is 15.8. The third kappa shape index (κ3) is 5.52. The molecule has 2 aromatic rings. The fourth-order valence-electron chi connectivity index (χ4n) is 3.05. The summed E-state index contributed by atoms with van der Waals surface area (Å²) in [6.07, 6.45) is 5.44. The molecule has 1 fully saturated rings. The minimum absolute atomic E-state index is 0.0202. The van der Waals surface area contributed by atoms with Gasteiger partial charge in [-0.1, -0.05) is 0 Å². The second-order valence-corrected chi connectivity index (χ2v) is 10.5. The van der Waals surface area contributed by atoms with Gasteiger partial charge in [0, 0.05) is 37.1 Å². The Kier molecular flexibility index (Phi) is 6.20. The predicted octanol–water partition coefficient (Wildman–Crippen LogP) is 1.04. The molecule has 1 unspecified atom stereocenters. The van der Waals surface area contributed by atoms with Gasteiger partial charge >= 0.3 is 0 Å². The number of amides is 1. The Morgan fingerprint density at radius 2 is 1.72 bits per heavy atom. The van der Waals surface area contributed by atoms with Crippen LogP contribution in [0.15, 0.2) is 53.7 Å². The van der Waals surface area contributed by atoms with Crippen molar-refractivity contribution in [2.75, 3.05) is 24.1 Å². The Balaban J connectivity index is 1.66. The van der Waals surface area contributed by atoms with Crippen molar-refractivity contribution in [1.82, 2.24) is 14.6 Å². The molecular formula is C18H22N4O5S2. The molecule has 0 radical (unpaired) electrons. The lowest BCUT2D eigenvalue weighted by molar-refractivity contribution is 0.0921. The second-order valence-electron chi connectivity index (χ2n) is 6.80. The summed E-state index contributed by atoms with van der Waals surface area (Å²) in [5.74, 6) is -0.378. The molecule has 3 rings (SSSR count). The van der Waals surface area contributed by atoms with E-state index in [-0.39, 0.29) is 23.4 Å². The highest BCUT2D eigenvalue weighted by molar-refractivity contribution is 7.92. The zero-order chi connectivity index (χ0) is 21.1. The number of rotatable bonds is 6. The summed E-state index contributed by atoms with van der Waals surface area (Å²) in [6.45, 7) is 0.676. The summed E-state index contributed by atoms with van der Waals surface area (Å²) in [4.78, 5) is 16.3. The van der Waals surface area contributed by atoms with Gasteiger partial charge in [0.1, 0.15) is 0 Å². The van der Waals surface area contributed by atoms with Crippen LogP contribution in [-0.2, 0) is 20.0 Å². The Hall–Kier alpha value is -2.50. The molecule has 9 nitrogen and oxygen atoms in total. The lowest BCUT2D eigenvalue weighted by Gasteiger charge is -2.31. The number of piperidine rings is 1. The number of hydrogen-bond donors (Lipinski definition) is 2. The van der Waals surface area contributed by atoms with Crippen molar-refractivity contribution in [2.45, 2.75) is 23.8 Å². The van der Waals surface area contributed by atoms with Crippen molar-refractivity contribution < 1.29 is 21.6 Å². The molecule has 0 bridgehead atoms. The number of carbonyl (C=O) groups is 1. The number of pyridine rings is 1. The van der Waals surface area contributed by atoms with Crippen molar-refractivity contribution in [3.05, 3.63) is 54.4 Å². The monoisotopic (exact) mass is 438 g/mol. The molecular weight excluding hydrogens is 416 g/mol. The third-order valence-corrected chi connectivity index (χ3v) is 7.21. The van der Waals surface area contributed by atoms with Crippen LogP contribution in [0, 0.1) is 0 Å². The highest BCUT2D eigenvalue weighted by Gasteiger charge is 2.27. The van der Waals surface area contributed by atoms with Crippen LogP contribution in [0.5, 0.6) is 0 Å². The summed E-state index contributed by atoms with van der Waals surface area (Å²) in [6, 6.07) is 8.32. The van der Waals surface area contributed by atoms with Gasteiger partial charge in [-0.2, -0.15) is 0 Å². The lowest BCUT2D eigenvalue weighted by Crippen LogP contribution is -2.49. The van der Waals surface area contributed by atoms with Gasteiger partial charge in [-0.05, 0) is 49.2 Å². The van der Waals surface area contributed by atoms with Crippen molar-refractivity contribution in [1.29, 1.82) is 0 Å². The van der Waals surface area contributed by atoms with Crippen LogP contribution >= 0.6 is 0 Å². The summed E-state index contributed by atoms with van der Waals surface area (Å²) in [5.41, 5.74) is 0.680. The first-order valence-corrected chi connectivity index (χ1v) is 12.3. The van der Waals surface area contributed by atoms with E-state index in [4.69, 9.17) is 0 Å². The van der Waals surface area contributed by atoms with Gasteiger partial charge in [0.15, 0.2) is 0 Å². The molecule has 1 aromatic heterocycles. The van der Waals surface area contributed by atoms with E-state index in [0.717, 1.165) is 6.26 Å². The molecule has 1 amide bonds. The Morgan fingerprint density at radius 3 is 2.34 bits per heavy atom. The maximum atomic E-state index is 12.5. The van der Waals surface area contributed by atoms with Crippen LogP contribution in [0.1, 0.15) is 23.2 Å². The Bertz CT molecular complexity index is 1070. The van der Waals surface area contributed by atoms with Crippen LogP contribution in [0.4, 0.5) is 5.69 Å². The fourth-order valence-corrected chi connectivity index (χ4v) is 5.02. The second kappa shape index (κ2) is 8.47. The molecule has 1 aliphatic rings. The Labute approximate surface area is 170 Å². The minimum atomic E-state index is -3.79. The molecule has 0 aliphatic carbocycles. The normalized spacial score (nSPS) is 18.2. The van der Waals surface area contributed by atoms with Crippen molar-refractivity contribution in [3.63, 3.8) is 0 Å². The van der Waals surface area contributed by atoms with E-state index in [9.17, 15) is 21.6 Å². The molecule has 11 heteroatoms. The standard InChI is InChI=1S/C18H22N4O5S2/c1-28(24,25)22-12-2-3-16(13-22)20-18(23)14-4-6-17(7-5-14)29(26,27)21-15-8-10-19-11-9-15/h4-11,16H,2-3,12-13H2,1H3,(H,19,21)(H,20,23). The van der Waals surface area contributed by atoms with E-state index in [2.05, 4.69) is 15.0 Å². The molecule has 1 aromatic carbocycles. The molecule has 2 heterocycles. The molecule has 0 saturated carbocycles. The van der Waals surface area contributed by atoms with Gasteiger partial charge in [-0.15, -0.1) is 0 Å². The maximum absolute atomic E-state index is 12.5. The summed E-state index contributed by atoms with van der Waals surface area (Å²) in [5, 5.41) is 2.82. The predicted molar refractivity (Wildman–Crippen MR) is 108 cm³/mol. The SMILES string of the molecule is CS(=O)(=O)N1CCCC(NC(=O)c2ccc(S(=O)(=O)Nc3ccncc3)cc2)C1. The van der Waals surface area contributed by atoms with E-state index >= 15 is 0 Å². The highest BCUT2D eigenvalue weighted by atomic mass is 32.2. The fraction of sp³-hybridized carbons (Fsp3) is 0.333. The highest BCUT2D eigenvalue weighted by Crippen LogP contribution is 2.17. The van der Waals surface area contributed by atoms with E-state index in [1.807, 2.05) is 0 Å². The lowest BCUT2D eigenvalue weighted by atomic mass is 10.1. The quantitative estimate of drug-likeness (QED) is 0.694. The van der Waals surface area contributed by atoms with Crippen LogP contribution in [-0.4, -0.2) is 57.4 Å². The topological polar surface area (TPSA) is 126 Å². The van der Waals surface area contributed by atoms with Crippen molar-refractivity contribution >= 4 is 31.6 Å². The summed E-state index contributed by atoms with van der Waals surface area (Å²) < 4.78 is 52.1. The van der Waals surface area contributed by atoms with E-state index in [1.165, 1.54) is 53.1 Å². The third-order valence-electron chi connectivity index (χ3n) is 4.55. The smallest absolute Gasteiger partial charge is 0.261 e. The number of sulfonamides is 2. The van der Waals surface area contributed by atoms with Crippen molar-refractivity contribution in [3.8, 4) is 0 Å². The Morgan fingerprint density at radius 1 is 1.07 bits per heavy atom. The first-order valence-electron chi connectivity index (χ1n) is 8.94. The first kappa shape index (κ1) is 21.2. The molecule has 156 valence electrons. The van der Waals surface area contributed by atoms with Gasteiger partial charge in [0.25, 0.3) is 15.9 Å². The minimum Gasteiger partial charge on any atom is -0.348 e. The van der Waals surface area contributed by atoms with E-state index in [0.29, 0.717) is 30.6 Å². The van der Waals surface area contributed by atoms with Gasteiger partial charge < -0.3 is 5.32 Å². The van der Waals surface area contributed by atoms with Crippen molar-refractivity contribution in [2.24, 2.45) is 0 Å². The molecule has 0 spiro atoms. The number of nitrogens with zero attached hydrogens (tertiary/aromatic N) is 2. The number of nitrogens with one attached hydrogen (secondary N) is 2. The van der Waals surface area contributed by atoms with Gasteiger partial charge in [-0.25, -0.2) is 21.1 Å². The number of anilines is 1. The average molecular weight is 439 g/mol. The van der Waals surface area contributed by atoms with Crippen LogP contribution in [0.25, 0.3) is 0 Å². The number of benzene rings is 1. The van der Waals surface area contributed by atoms with E-state index in [1.54, 1.807) is 0 Å². The zero-order valence-corrected chi connectivity index (χ0v) is 17.4. The average Bonchev–Trinajstić information content (AvgIpc) is 2.68. The van der Waals surface area contributed by atoms with Crippen LogP contribution in [0.3, 0.4) is 0 Å². The molecule has 1 atom stereocenters. The van der Waals surface area contributed by atoms with E-state index < -0.39 is 20.0 Å². The maximum Gasteiger partial charge on any atom is 0.261 e. The van der Waals surface area contributed by atoms with Gasteiger partial charge in [-0.3, -0.25) is 14.5 Å². The molecule has 2 N–H and O–H groups in total. The first-order chi connectivity index (χ1) is 13.6. The van der Waals surface area contributed by atoms with Gasteiger partial charge in [0.05, 0.1) is 16.8 Å². The summed E-state index contributed by atoms with van der Waals surface area (Å²) >= 11 is 0. The number of carbonyl (C=O) groups excluding carboxylic acids is 1.